The molecule has 1 fully saturated rings. The highest BCUT2D eigenvalue weighted by molar-refractivity contribution is 7.91. The number of hydrogen-bond acceptors (Lipinski definition) is 5. The van der Waals surface area contributed by atoms with Crippen LogP contribution in [0.5, 0.6) is 0 Å². The molecule has 8 heteroatoms. The van der Waals surface area contributed by atoms with Crippen molar-refractivity contribution in [3.63, 3.8) is 0 Å². The van der Waals surface area contributed by atoms with E-state index in [4.69, 9.17) is 9.84 Å². The van der Waals surface area contributed by atoms with Crippen LogP contribution in [0.2, 0.25) is 0 Å². The number of rotatable bonds is 4. The summed E-state index contributed by atoms with van der Waals surface area (Å²) in [5.74, 6) is -1.78. The van der Waals surface area contributed by atoms with Crippen molar-refractivity contribution >= 4 is 21.9 Å². The van der Waals surface area contributed by atoms with Crippen LogP contribution in [0.3, 0.4) is 0 Å². The Labute approximate surface area is 125 Å². The zero-order chi connectivity index (χ0) is 16.3. The van der Waals surface area contributed by atoms with E-state index < -0.39 is 33.4 Å². The van der Waals surface area contributed by atoms with Crippen LogP contribution >= 0.6 is 0 Å². The quantitative estimate of drug-likeness (QED) is 0.800. The van der Waals surface area contributed by atoms with Crippen molar-refractivity contribution in [3.05, 3.63) is 0 Å². The van der Waals surface area contributed by atoms with Gasteiger partial charge in [0.1, 0.15) is 5.60 Å². The number of amides is 1. The van der Waals surface area contributed by atoms with Crippen LogP contribution in [-0.4, -0.2) is 49.2 Å². The van der Waals surface area contributed by atoms with Crippen molar-refractivity contribution in [3.8, 4) is 0 Å². The van der Waals surface area contributed by atoms with Crippen molar-refractivity contribution in [2.45, 2.75) is 39.2 Å². The molecular weight excluding hydrogens is 298 g/mol. The summed E-state index contributed by atoms with van der Waals surface area (Å²) in [5, 5.41) is 11.5. The summed E-state index contributed by atoms with van der Waals surface area (Å²) in [5.41, 5.74) is -0.611. The van der Waals surface area contributed by atoms with Crippen LogP contribution < -0.4 is 5.32 Å². The van der Waals surface area contributed by atoms with Crippen LogP contribution in [0.1, 0.15) is 33.6 Å². The molecule has 1 aliphatic rings. The minimum Gasteiger partial charge on any atom is -0.481 e. The Bertz CT molecular complexity index is 493. The predicted molar refractivity (Wildman–Crippen MR) is 76.7 cm³/mol. The lowest BCUT2D eigenvalue weighted by Crippen LogP contribution is -2.42. The molecule has 0 aromatic rings. The second-order valence-electron chi connectivity index (χ2n) is 6.40. The van der Waals surface area contributed by atoms with Crippen molar-refractivity contribution < 1.29 is 27.9 Å². The lowest BCUT2D eigenvalue weighted by molar-refractivity contribution is -0.138. The molecule has 0 bridgehead atoms. The van der Waals surface area contributed by atoms with E-state index in [9.17, 15) is 18.0 Å². The Morgan fingerprint density at radius 1 is 1.29 bits per heavy atom. The summed E-state index contributed by atoms with van der Waals surface area (Å²) in [6.45, 7) is 5.45. The van der Waals surface area contributed by atoms with E-state index >= 15 is 0 Å². The normalized spacial score (nSPS) is 25.1. The van der Waals surface area contributed by atoms with Crippen molar-refractivity contribution in [1.82, 2.24) is 5.32 Å². The highest BCUT2D eigenvalue weighted by Crippen LogP contribution is 2.27. The number of ether oxygens (including phenoxy) is 1. The summed E-state index contributed by atoms with van der Waals surface area (Å²) in [4.78, 5) is 22.4. The van der Waals surface area contributed by atoms with Gasteiger partial charge in [-0.25, -0.2) is 13.2 Å². The van der Waals surface area contributed by atoms with Gasteiger partial charge in [0.05, 0.1) is 11.5 Å². The van der Waals surface area contributed by atoms with E-state index in [0.29, 0.717) is 6.42 Å². The lowest BCUT2D eigenvalue weighted by atomic mass is 9.88. The molecular formula is C13H23NO6S. The molecule has 0 saturated carbocycles. The van der Waals surface area contributed by atoms with Gasteiger partial charge in [-0.2, -0.15) is 0 Å². The molecule has 0 radical (unpaired) electrons. The fraction of sp³-hybridized carbons (Fsp3) is 0.846. The predicted octanol–water partition coefficient (Wildman–Crippen LogP) is 1.04. The van der Waals surface area contributed by atoms with E-state index in [0.717, 1.165) is 0 Å². The van der Waals surface area contributed by atoms with Gasteiger partial charge >= 0.3 is 12.1 Å². The van der Waals surface area contributed by atoms with Crippen LogP contribution in [0.4, 0.5) is 4.79 Å². The standard InChI is InChI=1S/C13H23NO6S/c1-13(2,3)20-12(17)14-7-9-4-5-21(18,19)8-10(9)6-11(15)16/h9-10H,4-8H2,1-3H3,(H,14,17)(H,15,16)/t9-,10-/m0/s1. The van der Waals surface area contributed by atoms with Gasteiger partial charge in [-0.1, -0.05) is 0 Å². The largest absolute Gasteiger partial charge is 0.481 e. The Morgan fingerprint density at radius 3 is 2.43 bits per heavy atom. The van der Waals surface area contributed by atoms with Crippen LogP contribution in [0, 0.1) is 11.8 Å². The molecule has 122 valence electrons. The number of carboxylic acids is 1. The Kier molecular flexibility index (Phi) is 5.61. The van der Waals surface area contributed by atoms with Crippen molar-refractivity contribution in [2.24, 2.45) is 11.8 Å². The first kappa shape index (κ1) is 17.7. The minimum atomic E-state index is -3.19. The molecule has 1 aliphatic heterocycles. The van der Waals surface area contributed by atoms with Crippen LogP contribution in [0.25, 0.3) is 0 Å². The Balaban J connectivity index is 2.59. The number of nitrogens with one attached hydrogen (secondary N) is 1. The van der Waals surface area contributed by atoms with Crippen molar-refractivity contribution in [2.75, 3.05) is 18.1 Å². The number of alkyl carbamates (subject to hydrolysis) is 1. The average molecular weight is 321 g/mol. The number of carbonyl (C=O) groups is 2. The third-order valence-electron chi connectivity index (χ3n) is 3.28. The van der Waals surface area contributed by atoms with E-state index in [1.807, 2.05) is 0 Å². The maximum absolute atomic E-state index is 11.6. The van der Waals surface area contributed by atoms with Gasteiger partial charge in [0.25, 0.3) is 0 Å². The Hall–Kier alpha value is -1.31. The molecule has 2 N–H and O–H groups in total. The molecule has 0 spiro atoms. The average Bonchev–Trinajstić information content (AvgIpc) is 2.23. The summed E-state index contributed by atoms with van der Waals surface area (Å²) in [6.07, 6.45) is -0.430. The highest BCUT2D eigenvalue weighted by Gasteiger charge is 2.34. The van der Waals surface area contributed by atoms with Gasteiger partial charge < -0.3 is 15.2 Å². The smallest absolute Gasteiger partial charge is 0.407 e. The number of carbonyl (C=O) groups excluding carboxylic acids is 1. The molecule has 1 rings (SSSR count). The number of carboxylic acid groups (broad SMARTS) is 1. The second-order valence-corrected chi connectivity index (χ2v) is 8.63. The third kappa shape index (κ3) is 6.79. The first-order valence-corrected chi connectivity index (χ1v) is 8.70. The molecule has 21 heavy (non-hydrogen) atoms. The summed E-state index contributed by atoms with van der Waals surface area (Å²) in [6, 6.07) is 0. The number of sulfone groups is 1. The highest BCUT2D eigenvalue weighted by atomic mass is 32.2. The molecule has 2 atom stereocenters. The first-order valence-electron chi connectivity index (χ1n) is 6.87. The third-order valence-corrected chi connectivity index (χ3v) is 5.07. The fourth-order valence-electron chi connectivity index (χ4n) is 2.36. The van der Waals surface area contributed by atoms with E-state index in [-0.39, 0.29) is 30.4 Å². The topological polar surface area (TPSA) is 110 Å². The van der Waals surface area contributed by atoms with E-state index in [1.54, 1.807) is 20.8 Å². The van der Waals surface area contributed by atoms with Gasteiger partial charge in [-0.05, 0) is 39.0 Å². The van der Waals surface area contributed by atoms with Crippen LogP contribution in [-0.2, 0) is 19.4 Å². The molecule has 0 aromatic heterocycles. The minimum absolute atomic E-state index is 0.0315. The first-order chi connectivity index (χ1) is 9.48. The van der Waals surface area contributed by atoms with Gasteiger partial charge in [-0.15, -0.1) is 0 Å². The molecule has 1 saturated heterocycles. The van der Waals surface area contributed by atoms with E-state index in [2.05, 4.69) is 5.32 Å². The molecule has 0 aromatic carbocycles. The molecule has 1 heterocycles. The number of hydrogen-bond donors (Lipinski definition) is 2. The Morgan fingerprint density at radius 2 is 1.90 bits per heavy atom. The van der Waals surface area contributed by atoms with Gasteiger partial charge in [0.15, 0.2) is 9.84 Å². The van der Waals surface area contributed by atoms with Gasteiger partial charge in [0.2, 0.25) is 0 Å². The zero-order valence-electron chi connectivity index (χ0n) is 12.6. The summed E-state index contributed by atoms with van der Waals surface area (Å²) in [7, 11) is -3.19. The van der Waals surface area contributed by atoms with Gasteiger partial charge in [0, 0.05) is 13.0 Å². The maximum Gasteiger partial charge on any atom is 0.407 e. The van der Waals surface area contributed by atoms with Gasteiger partial charge in [-0.3, -0.25) is 4.79 Å². The maximum atomic E-state index is 11.6. The molecule has 7 nitrogen and oxygen atoms in total. The summed E-state index contributed by atoms with van der Waals surface area (Å²) < 4.78 is 28.3. The van der Waals surface area contributed by atoms with E-state index in [1.165, 1.54) is 0 Å². The van der Waals surface area contributed by atoms with Crippen LogP contribution in [0.15, 0.2) is 0 Å². The SMILES string of the molecule is CC(C)(C)OC(=O)NC[C@@H]1CCS(=O)(=O)C[C@@H]1CC(=O)O. The molecule has 1 amide bonds. The second kappa shape index (κ2) is 6.64. The lowest BCUT2D eigenvalue weighted by Gasteiger charge is -2.30. The number of aliphatic carboxylic acids is 1. The summed E-state index contributed by atoms with van der Waals surface area (Å²) >= 11 is 0. The monoisotopic (exact) mass is 321 g/mol. The fourth-order valence-corrected chi connectivity index (χ4v) is 4.23. The molecule has 0 aliphatic carbocycles. The zero-order valence-corrected chi connectivity index (χ0v) is 13.4. The molecule has 0 unspecified atom stereocenters. The van der Waals surface area contributed by atoms with Crippen molar-refractivity contribution in [1.29, 1.82) is 0 Å².